The molecule has 2 aliphatic rings. The van der Waals surface area contributed by atoms with E-state index in [1.165, 1.54) is 12.1 Å². The fourth-order valence-electron chi connectivity index (χ4n) is 2.98. The van der Waals surface area contributed by atoms with Crippen LogP contribution in [0.5, 0.6) is 5.75 Å². The van der Waals surface area contributed by atoms with Crippen LogP contribution in [0.15, 0.2) is 24.3 Å². The Morgan fingerprint density at radius 1 is 1.35 bits per heavy atom. The maximum absolute atomic E-state index is 12.4. The van der Waals surface area contributed by atoms with Crippen molar-refractivity contribution < 1.29 is 27.8 Å². The molecule has 2 saturated carbocycles. The first kappa shape index (κ1) is 16.1. The largest absolute Gasteiger partial charge is 0.573 e. The summed E-state index contributed by atoms with van der Waals surface area (Å²) in [6, 6.07) is 5.91. The standard InChI is InChI=1S/C16H18F3NO3/c17-16(18,19)23-13-5-2-1-4-10(13)11-8-12(11)14(21)20-9-15(22)6-3-7-15/h1-2,4-5,11-12,22H,3,6-9H2,(H,20,21). The lowest BCUT2D eigenvalue weighted by Gasteiger charge is -2.36. The first-order chi connectivity index (χ1) is 10.8. The molecule has 2 N–H and O–H groups in total. The van der Waals surface area contributed by atoms with Gasteiger partial charge in [0, 0.05) is 12.5 Å². The smallest absolute Gasteiger partial charge is 0.405 e. The normalized spacial score (nSPS) is 25.4. The maximum atomic E-state index is 12.4. The summed E-state index contributed by atoms with van der Waals surface area (Å²) in [7, 11) is 0. The van der Waals surface area contributed by atoms with Gasteiger partial charge in [0.1, 0.15) is 5.75 Å². The zero-order valence-electron chi connectivity index (χ0n) is 12.4. The fourth-order valence-corrected chi connectivity index (χ4v) is 2.98. The molecule has 2 fully saturated rings. The van der Waals surface area contributed by atoms with E-state index in [0.717, 1.165) is 6.42 Å². The average molecular weight is 329 g/mol. The van der Waals surface area contributed by atoms with Crippen LogP contribution in [0, 0.1) is 5.92 Å². The molecular formula is C16H18F3NO3. The topological polar surface area (TPSA) is 58.6 Å². The monoisotopic (exact) mass is 329 g/mol. The summed E-state index contributed by atoms with van der Waals surface area (Å²) in [4.78, 5) is 12.1. The molecule has 2 aliphatic carbocycles. The highest BCUT2D eigenvalue weighted by Crippen LogP contribution is 2.51. The van der Waals surface area contributed by atoms with Crippen LogP contribution in [-0.2, 0) is 4.79 Å². The Morgan fingerprint density at radius 3 is 2.65 bits per heavy atom. The molecule has 2 unspecified atom stereocenters. The molecule has 7 heteroatoms. The minimum atomic E-state index is -4.75. The lowest BCUT2D eigenvalue weighted by molar-refractivity contribution is -0.274. The number of hydrogen-bond donors (Lipinski definition) is 2. The van der Waals surface area contributed by atoms with Gasteiger partial charge in [0.05, 0.1) is 5.60 Å². The summed E-state index contributed by atoms with van der Waals surface area (Å²) in [6.07, 6.45) is -1.98. The summed E-state index contributed by atoms with van der Waals surface area (Å²) in [5, 5.41) is 12.7. The van der Waals surface area contributed by atoms with Crippen molar-refractivity contribution in [2.24, 2.45) is 5.92 Å². The second-order valence-corrected chi connectivity index (χ2v) is 6.33. The molecule has 0 saturated heterocycles. The number of carbonyl (C=O) groups excluding carboxylic acids is 1. The van der Waals surface area contributed by atoms with E-state index in [-0.39, 0.29) is 30.0 Å². The van der Waals surface area contributed by atoms with Gasteiger partial charge in [-0.05, 0) is 43.2 Å². The van der Waals surface area contributed by atoms with Gasteiger partial charge < -0.3 is 15.2 Å². The quantitative estimate of drug-likeness (QED) is 0.873. The minimum Gasteiger partial charge on any atom is -0.405 e. The fraction of sp³-hybridized carbons (Fsp3) is 0.562. The highest BCUT2D eigenvalue weighted by molar-refractivity contribution is 5.83. The Balaban J connectivity index is 1.60. The number of aliphatic hydroxyl groups is 1. The minimum absolute atomic E-state index is 0.204. The summed E-state index contributed by atoms with van der Waals surface area (Å²) in [5.41, 5.74) is -0.413. The summed E-state index contributed by atoms with van der Waals surface area (Å²) < 4.78 is 41.3. The van der Waals surface area contributed by atoms with Crippen molar-refractivity contribution in [3.63, 3.8) is 0 Å². The number of carbonyl (C=O) groups is 1. The Kier molecular flexibility index (Phi) is 4.00. The molecule has 0 aliphatic heterocycles. The summed E-state index contributed by atoms with van der Waals surface area (Å²) in [5.74, 6) is -1.11. The van der Waals surface area contributed by atoms with Gasteiger partial charge in [0.25, 0.3) is 0 Å². The molecule has 1 amide bonds. The third kappa shape index (κ3) is 3.77. The molecule has 0 heterocycles. The molecule has 0 bridgehead atoms. The van der Waals surface area contributed by atoms with Crippen LogP contribution in [-0.4, -0.2) is 29.5 Å². The van der Waals surface area contributed by atoms with Gasteiger partial charge in [-0.15, -0.1) is 13.2 Å². The molecule has 126 valence electrons. The van der Waals surface area contributed by atoms with Crippen molar-refractivity contribution in [1.29, 1.82) is 0 Å². The van der Waals surface area contributed by atoms with Crippen molar-refractivity contribution in [2.75, 3.05) is 6.54 Å². The number of rotatable bonds is 5. The summed E-state index contributed by atoms with van der Waals surface area (Å²) >= 11 is 0. The number of halogens is 3. The first-order valence-corrected chi connectivity index (χ1v) is 7.62. The number of nitrogens with one attached hydrogen (secondary N) is 1. The predicted molar refractivity (Wildman–Crippen MR) is 75.8 cm³/mol. The van der Waals surface area contributed by atoms with E-state index in [9.17, 15) is 23.1 Å². The van der Waals surface area contributed by atoms with Crippen LogP contribution in [0.3, 0.4) is 0 Å². The molecule has 4 nitrogen and oxygen atoms in total. The van der Waals surface area contributed by atoms with Crippen LogP contribution in [0.2, 0.25) is 0 Å². The zero-order valence-corrected chi connectivity index (χ0v) is 12.4. The van der Waals surface area contributed by atoms with Gasteiger partial charge in [0.2, 0.25) is 5.91 Å². The Bertz CT molecular complexity index is 598. The van der Waals surface area contributed by atoms with E-state index in [2.05, 4.69) is 10.1 Å². The van der Waals surface area contributed by atoms with Crippen molar-refractivity contribution in [2.45, 2.75) is 43.6 Å². The first-order valence-electron chi connectivity index (χ1n) is 7.62. The van der Waals surface area contributed by atoms with Crippen LogP contribution < -0.4 is 10.1 Å². The molecule has 23 heavy (non-hydrogen) atoms. The lowest BCUT2D eigenvalue weighted by atomic mass is 9.80. The number of hydrogen-bond acceptors (Lipinski definition) is 3. The van der Waals surface area contributed by atoms with E-state index >= 15 is 0 Å². The molecule has 1 aromatic carbocycles. The second-order valence-electron chi connectivity index (χ2n) is 6.33. The van der Waals surface area contributed by atoms with E-state index in [1.807, 2.05) is 0 Å². The molecule has 0 radical (unpaired) electrons. The van der Waals surface area contributed by atoms with Crippen molar-refractivity contribution in [1.82, 2.24) is 5.32 Å². The van der Waals surface area contributed by atoms with Crippen molar-refractivity contribution in [3.8, 4) is 5.75 Å². The molecule has 0 aromatic heterocycles. The molecule has 2 atom stereocenters. The highest BCUT2D eigenvalue weighted by atomic mass is 19.4. The molecule has 3 rings (SSSR count). The van der Waals surface area contributed by atoms with E-state index in [1.54, 1.807) is 12.1 Å². The van der Waals surface area contributed by atoms with E-state index in [4.69, 9.17) is 0 Å². The highest BCUT2D eigenvalue weighted by Gasteiger charge is 2.47. The van der Waals surface area contributed by atoms with Gasteiger partial charge in [-0.25, -0.2) is 0 Å². The third-order valence-corrected chi connectivity index (χ3v) is 4.55. The Labute approximate surface area is 131 Å². The van der Waals surface area contributed by atoms with Gasteiger partial charge in [-0.1, -0.05) is 18.2 Å². The SMILES string of the molecule is O=C(NCC1(O)CCC1)C1CC1c1ccccc1OC(F)(F)F. The average Bonchev–Trinajstić information content (AvgIpc) is 3.22. The van der Waals surface area contributed by atoms with E-state index < -0.39 is 12.0 Å². The van der Waals surface area contributed by atoms with Crippen LogP contribution in [0.25, 0.3) is 0 Å². The number of ether oxygens (including phenoxy) is 1. The van der Waals surface area contributed by atoms with Crippen LogP contribution in [0.4, 0.5) is 13.2 Å². The Hall–Kier alpha value is -1.76. The number of amides is 1. The summed E-state index contributed by atoms with van der Waals surface area (Å²) in [6.45, 7) is 0.204. The van der Waals surface area contributed by atoms with Crippen LogP contribution in [0.1, 0.15) is 37.2 Å². The second kappa shape index (κ2) is 5.70. The number of alkyl halides is 3. The van der Waals surface area contributed by atoms with Gasteiger partial charge in [-0.3, -0.25) is 4.79 Å². The maximum Gasteiger partial charge on any atom is 0.573 e. The lowest BCUT2D eigenvalue weighted by Crippen LogP contribution is -2.48. The van der Waals surface area contributed by atoms with Crippen molar-refractivity contribution >= 4 is 5.91 Å². The zero-order chi connectivity index (χ0) is 16.7. The van der Waals surface area contributed by atoms with Gasteiger partial charge in [-0.2, -0.15) is 0 Å². The van der Waals surface area contributed by atoms with E-state index in [0.29, 0.717) is 24.8 Å². The van der Waals surface area contributed by atoms with Gasteiger partial charge >= 0.3 is 6.36 Å². The molecule has 1 aromatic rings. The number of para-hydroxylation sites is 1. The van der Waals surface area contributed by atoms with Crippen LogP contribution >= 0.6 is 0 Å². The molecular weight excluding hydrogens is 311 g/mol. The van der Waals surface area contributed by atoms with Gasteiger partial charge in [0.15, 0.2) is 0 Å². The predicted octanol–water partition coefficient (Wildman–Crippen LogP) is 2.72. The third-order valence-electron chi connectivity index (χ3n) is 4.55. The van der Waals surface area contributed by atoms with Crippen molar-refractivity contribution in [3.05, 3.63) is 29.8 Å². The number of benzene rings is 1. The molecule has 0 spiro atoms. The Morgan fingerprint density at radius 2 is 2.04 bits per heavy atom.